The van der Waals surface area contributed by atoms with Crippen LogP contribution in [0.5, 0.6) is 0 Å². The van der Waals surface area contributed by atoms with E-state index in [0.717, 1.165) is 48.5 Å². The van der Waals surface area contributed by atoms with Gasteiger partial charge in [-0.3, -0.25) is 9.69 Å². The molecule has 1 saturated heterocycles. The zero-order chi connectivity index (χ0) is 16.9. The highest BCUT2D eigenvalue weighted by atomic mass is 32.1. The molecule has 1 fully saturated rings. The topological polar surface area (TPSA) is 52.6 Å². The molecule has 0 unspecified atom stereocenters. The Bertz CT molecular complexity index is 673. The summed E-state index contributed by atoms with van der Waals surface area (Å²) in [6, 6.07) is 10.4. The van der Waals surface area contributed by atoms with Gasteiger partial charge in [0.1, 0.15) is 0 Å². The Morgan fingerprint density at radius 1 is 1.21 bits per heavy atom. The maximum atomic E-state index is 12.1. The van der Waals surface area contributed by atoms with E-state index in [1.54, 1.807) is 0 Å². The number of aryl methyl sites for hydroxylation is 1. The maximum Gasteiger partial charge on any atom is 0.261 e. The minimum absolute atomic E-state index is 0.00143. The van der Waals surface area contributed by atoms with Gasteiger partial charge < -0.3 is 10.4 Å². The highest BCUT2D eigenvalue weighted by Crippen LogP contribution is 2.16. The molecule has 2 N–H and O–H groups in total. The molecule has 2 heterocycles. The summed E-state index contributed by atoms with van der Waals surface area (Å²) >= 11 is 1.48. The normalized spacial score (nSPS) is 16.2. The van der Waals surface area contributed by atoms with Crippen LogP contribution in [0.15, 0.2) is 35.7 Å². The average molecular weight is 344 g/mol. The van der Waals surface area contributed by atoms with Crippen LogP contribution in [0.25, 0.3) is 0 Å². The van der Waals surface area contributed by atoms with Crippen LogP contribution in [0, 0.1) is 6.92 Å². The summed E-state index contributed by atoms with van der Waals surface area (Å²) in [7, 11) is 0. The summed E-state index contributed by atoms with van der Waals surface area (Å²) in [5.41, 5.74) is 3.41. The Morgan fingerprint density at radius 2 is 1.88 bits per heavy atom. The van der Waals surface area contributed by atoms with E-state index < -0.39 is 0 Å². The van der Waals surface area contributed by atoms with Crippen LogP contribution >= 0.6 is 11.3 Å². The highest BCUT2D eigenvalue weighted by molar-refractivity contribution is 7.12. The summed E-state index contributed by atoms with van der Waals surface area (Å²) in [5, 5.41) is 14.5. The lowest BCUT2D eigenvalue weighted by Gasteiger charge is -2.29. The van der Waals surface area contributed by atoms with E-state index in [2.05, 4.69) is 34.5 Å². The summed E-state index contributed by atoms with van der Waals surface area (Å²) in [6.45, 7) is 5.35. The molecule has 2 aromatic rings. The number of aliphatic hydroxyl groups is 1. The summed E-state index contributed by atoms with van der Waals surface area (Å²) in [4.78, 5) is 15.3. The van der Waals surface area contributed by atoms with Crippen molar-refractivity contribution < 1.29 is 9.90 Å². The monoisotopic (exact) mass is 344 g/mol. The number of hydrogen-bond acceptors (Lipinski definition) is 4. The Hall–Kier alpha value is -1.69. The zero-order valence-electron chi connectivity index (χ0n) is 14.0. The first kappa shape index (κ1) is 17.1. The van der Waals surface area contributed by atoms with Crippen molar-refractivity contribution in [1.29, 1.82) is 0 Å². The van der Waals surface area contributed by atoms with E-state index in [4.69, 9.17) is 0 Å². The van der Waals surface area contributed by atoms with Gasteiger partial charge >= 0.3 is 0 Å². The number of carbonyl (C=O) groups excluding carboxylic acids is 1. The van der Waals surface area contributed by atoms with Crippen LogP contribution in [0.2, 0.25) is 0 Å². The average Bonchev–Trinajstić information content (AvgIpc) is 3.02. The molecular weight excluding hydrogens is 320 g/mol. The van der Waals surface area contributed by atoms with Crippen LogP contribution in [0.4, 0.5) is 0 Å². The molecular formula is C19H24N2O2S. The number of nitrogens with zero attached hydrogens (tertiary/aromatic N) is 1. The number of benzene rings is 1. The number of hydrogen-bond donors (Lipinski definition) is 2. The molecule has 0 saturated carbocycles. The minimum Gasteiger partial charge on any atom is -0.393 e. The van der Waals surface area contributed by atoms with Gasteiger partial charge in [0, 0.05) is 26.2 Å². The van der Waals surface area contributed by atoms with Crippen LogP contribution in [-0.2, 0) is 13.1 Å². The van der Waals surface area contributed by atoms with Crippen LogP contribution < -0.4 is 5.32 Å². The molecule has 0 radical (unpaired) electrons. The van der Waals surface area contributed by atoms with E-state index in [-0.39, 0.29) is 12.0 Å². The SMILES string of the molecule is Cc1ccsc1C(=O)NCc1ccc(CN2CCC(O)CC2)cc1. The maximum absolute atomic E-state index is 12.1. The molecule has 0 spiro atoms. The van der Waals surface area contributed by atoms with Gasteiger partial charge in [-0.05, 0) is 47.9 Å². The molecule has 0 bridgehead atoms. The second-order valence-corrected chi connectivity index (χ2v) is 7.36. The summed E-state index contributed by atoms with van der Waals surface area (Å²) in [6.07, 6.45) is 1.61. The van der Waals surface area contributed by atoms with Crippen LogP contribution in [0.1, 0.15) is 39.2 Å². The van der Waals surface area contributed by atoms with E-state index in [1.807, 2.05) is 18.4 Å². The smallest absolute Gasteiger partial charge is 0.261 e. The van der Waals surface area contributed by atoms with Gasteiger partial charge in [-0.15, -0.1) is 11.3 Å². The molecule has 3 rings (SSSR count). The third-order valence-electron chi connectivity index (χ3n) is 4.51. The first-order chi connectivity index (χ1) is 11.6. The van der Waals surface area contributed by atoms with Gasteiger partial charge in [0.2, 0.25) is 0 Å². The summed E-state index contributed by atoms with van der Waals surface area (Å²) < 4.78 is 0. The Morgan fingerprint density at radius 3 is 2.50 bits per heavy atom. The van der Waals surface area contributed by atoms with Gasteiger partial charge in [-0.1, -0.05) is 24.3 Å². The van der Waals surface area contributed by atoms with Crippen LogP contribution in [0.3, 0.4) is 0 Å². The molecule has 24 heavy (non-hydrogen) atoms. The molecule has 5 heteroatoms. The number of amides is 1. The van der Waals surface area contributed by atoms with Gasteiger partial charge in [0.15, 0.2) is 0 Å². The molecule has 1 aliphatic rings. The first-order valence-corrected chi connectivity index (χ1v) is 9.30. The predicted molar refractivity (Wildman–Crippen MR) is 97.2 cm³/mol. The number of carbonyl (C=O) groups is 1. The second kappa shape index (κ2) is 7.92. The van der Waals surface area contributed by atoms with Gasteiger partial charge in [-0.25, -0.2) is 0 Å². The van der Waals surface area contributed by atoms with Crippen molar-refractivity contribution in [3.63, 3.8) is 0 Å². The molecule has 0 atom stereocenters. The van der Waals surface area contributed by atoms with Crippen LogP contribution in [-0.4, -0.2) is 35.1 Å². The fraction of sp³-hybridized carbons (Fsp3) is 0.421. The lowest BCUT2D eigenvalue weighted by atomic mass is 10.1. The third kappa shape index (κ3) is 4.44. The zero-order valence-corrected chi connectivity index (χ0v) is 14.8. The van der Waals surface area contributed by atoms with Crippen molar-refractivity contribution in [1.82, 2.24) is 10.2 Å². The van der Waals surface area contributed by atoms with Crippen molar-refractivity contribution in [3.8, 4) is 0 Å². The molecule has 1 amide bonds. The van der Waals surface area contributed by atoms with Crippen molar-refractivity contribution in [3.05, 3.63) is 57.3 Å². The van der Waals surface area contributed by atoms with E-state index >= 15 is 0 Å². The van der Waals surface area contributed by atoms with Crippen molar-refractivity contribution in [2.45, 2.75) is 39.0 Å². The number of thiophene rings is 1. The lowest BCUT2D eigenvalue weighted by molar-refractivity contribution is 0.0792. The third-order valence-corrected chi connectivity index (χ3v) is 5.52. The number of likely N-dealkylation sites (tertiary alicyclic amines) is 1. The minimum atomic E-state index is -0.126. The second-order valence-electron chi connectivity index (χ2n) is 6.44. The Labute approximate surface area is 147 Å². The van der Waals surface area contributed by atoms with E-state index in [0.29, 0.717) is 6.54 Å². The number of piperidine rings is 1. The fourth-order valence-electron chi connectivity index (χ4n) is 2.97. The highest BCUT2D eigenvalue weighted by Gasteiger charge is 2.16. The lowest BCUT2D eigenvalue weighted by Crippen LogP contribution is -2.35. The molecule has 1 aromatic carbocycles. The summed E-state index contributed by atoms with van der Waals surface area (Å²) in [5.74, 6) is -0.00143. The number of nitrogens with one attached hydrogen (secondary N) is 1. The Kier molecular flexibility index (Phi) is 5.66. The van der Waals surface area contributed by atoms with Gasteiger partial charge in [0.05, 0.1) is 11.0 Å². The molecule has 1 aliphatic heterocycles. The molecule has 128 valence electrons. The quantitative estimate of drug-likeness (QED) is 0.877. The van der Waals surface area contributed by atoms with Crippen molar-refractivity contribution >= 4 is 17.2 Å². The Balaban J connectivity index is 1.49. The standard InChI is InChI=1S/C19H24N2O2S/c1-14-8-11-24-18(14)19(23)20-12-15-2-4-16(5-3-15)13-21-9-6-17(22)7-10-21/h2-5,8,11,17,22H,6-7,9-10,12-13H2,1H3,(H,20,23). The van der Waals surface area contributed by atoms with Crippen molar-refractivity contribution in [2.75, 3.05) is 13.1 Å². The van der Waals surface area contributed by atoms with Crippen molar-refractivity contribution in [2.24, 2.45) is 0 Å². The molecule has 4 nitrogen and oxygen atoms in total. The van der Waals surface area contributed by atoms with Gasteiger partial charge in [-0.2, -0.15) is 0 Å². The largest absolute Gasteiger partial charge is 0.393 e. The predicted octanol–water partition coefficient (Wildman–Crippen LogP) is 2.94. The van der Waals surface area contributed by atoms with E-state index in [1.165, 1.54) is 16.9 Å². The number of aliphatic hydroxyl groups excluding tert-OH is 1. The van der Waals surface area contributed by atoms with E-state index in [9.17, 15) is 9.90 Å². The fourth-order valence-corrected chi connectivity index (χ4v) is 3.81. The number of rotatable bonds is 5. The van der Waals surface area contributed by atoms with Gasteiger partial charge in [0.25, 0.3) is 5.91 Å². The first-order valence-electron chi connectivity index (χ1n) is 8.42. The molecule has 0 aliphatic carbocycles. The molecule has 1 aromatic heterocycles.